The van der Waals surface area contributed by atoms with E-state index in [1.165, 1.54) is 26.4 Å². The quantitative estimate of drug-likeness (QED) is 0.652. The fourth-order valence-corrected chi connectivity index (χ4v) is 1.95. The lowest BCUT2D eigenvalue weighted by Crippen LogP contribution is -2.24. The van der Waals surface area contributed by atoms with Crippen LogP contribution in [0.4, 0.5) is 0 Å². The number of methoxy groups -OCH3 is 1. The normalized spacial score (nSPS) is 27.3. The molecule has 0 amide bonds. The second-order valence-electron chi connectivity index (χ2n) is 3.94. The van der Waals surface area contributed by atoms with Crippen LogP contribution in [0.15, 0.2) is 0 Å². The van der Waals surface area contributed by atoms with Crippen molar-refractivity contribution in [3.8, 4) is 0 Å². The summed E-state index contributed by atoms with van der Waals surface area (Å²) in [5.41, 5.74) is 0. The fourth-order valence-electron chi connectivity index (χ4n) is 1.95. The maximum Gasteiger partial charge on any atom is 0.331 e. The Morgan fingerprint density at radius 3 is 2.43 bits per heavy atom. The van der Waals surface area contributed by atoms with Gasteiger partial charge in [0, 0.05) is 0 Å². The van der Waals surface area contributed by atoms with Crippen molar-refractivity contribution in [3.05, 3.63) is 0 Å². The number of carbonyl (C=O) groups is 1. The molecule has 3 heteroatoms. The van der Waals surface area contributed by atoms with Gasteiger partial charge in [-0.25, -0.2) is 4.79 Å². The molecule has 0 N–H and O–H groups in total. The highest BCUT2D eigenvalue weighted by molar-refractivity contribution is 5.70. The van der Waals surface area contributed by atoms with Gasteiger partial charge < -0.3 is 9.47 Å². The van der Waals surface area contributed by atoms with E-state index < -0.39 is 0 Å². The van der Waals surface area contributed by atoms with Crippen LogP contribution < -0.4 is 0 Å². The molecular formula is C11H20O3. The number of rotatable bonds is 4. The molecule has 82 valence electrons. The van der Waals surface area contributed by atoms with Gasteiger partial charge in [-0.1, -0.05) is 13.3 Å². The summed E-state index contributed by atoms with van der Waals surface area (Å²) in [7, 11) is 1.39. The molecule has 0 unspecified atom stereocenters. The van der Waals surface area contributed by atoms with E-state index in [1.807, 2.05) is 0 Å². The fraction of sp³-hybridized carbons (Fsp3) is 0.909. The van der Waals surface area contributed by atoms with Crippen molar-refractivity contribution in [2.45, 2.75) is 45.1 Å². The van der Waals surface area contributed by atoms with E-state index in [9.17, 15) is 4.79 Å². The predicted octanol–water partition coefficient (Wildman–Crippen LogP) is 2.14. The van der Waals surface area contributed by atoms with E-state index in [0.29, 0.717) is 0 Å². The van der Waals surface area contributed by atoms with Crippen LogP contribution in [0, 0.1) is 5.92 Å². The van der Waals surface area contributed by atoms with E-state index in [2.05, 4.69) is 11.7 Å². The lowest BCUT2D eigenvalue weighted by Gasteiger charge is -2.27. The van der Waals surface area contributed by atoms with Gasteiger partial charge in [0.2, 0.25) is 0 Å². The second-order valence-corrected chi connectivity index (χ2v) is 3.94. The Kier molecular flexibility index (Phi) is 4.94. The summed E-state index contributed by atoms with van der Waals surface area (Å²) in [6.07, 6.45) is 6.20. The van der Waals surface area contributed by atoms with E-state index in [1.54, 1.807) is 0 Å². The molecule has 14 heavy (non-hydrogen) atoms. The maximum absolute atomic E-state index is 10.8. The Hall–Kier alpha value is -0.570. The summed E-state index contributed by atoms with van der Waals surface area (Å²) < 4.78 is 9.97. The van der Waals surface area contributed by atoms with Crippen LogP contribution >= 0.6 is 0 Å². The van der Waals surface area contributed by atoms with Crippen LogP contribution in [0.2, 0.25) is 0 Å². The molecule has 0 radical (unpaired) electrons. The Morgan fingerprint density at radius 1 is 1.29 bits per heavy atom. The van der Waals surface area contributed by atoms with E-state index in [-0.39, 0.29) is 18.7 Å². The number of hydrogen-bond donors (Lipinski definition) is 0. The summed E-state index contributed by atoms with van der Waals surface area (Å²) in [5, 5.41) is 0. The molecular weight excluding hydrogens is 180 g/mol. The Bertz CT molecular complexity index is 171. The molecule has 0 aromatic heterocycles. The van der Waals surface area contributed by atoms with Crippen molar-refractivity contribution in [2.24, 2.45) is 5.92 Å². The van der Waals surface area contributed by atoms with Crippen LogP contribution in [0.5, 0.6) is 0 Å². The van der Waals surface area contributed by atoms with Gasteiger partial charge in [-0.3, -0.25) is 0 Å². The predicted molar refractivity (Wildman–Crippen MR) is 54.0 cm³/mol. The molecule has 1 aliphatic carbocycles. The Balaban J connectivity index is 2.13. The van der Waals surface area contributed by atoms with Crippen molar-refractivity contribution in [3.63, 3.8) is 0 Å². The SMILES string of the molecule is CCC1CCC(OCC(=O)OC)CC1. The molecule has 1 saturated carbocycles. The summed E-state index contributed by atoms with van der Waals surface area (Å²) in [4.78, 5) is 10.8. The molecule has 1 fully saturated rings. The van der Waals surface area contributed by atoms with Gasteiger partial charge in [0.05, 0.1) is 13.2 Å². The van der Waals surface area contributed by atoms with Crippen LogP contribution in [-0.4, -0.2) is 25.8 Å². The minimum Gasteiger partial charge on any atom is -0.467 e. The second kappa shape index (κ2) is 6.02. The van der Waals surface area contributed by atoms with Crippen LogP contribution in [0.3, 0.4) is 0 Å². The van der Waals surface area contributed by atoms with Crippen molar-refractivity contribution < 1.29 is 14.3 Å². The van der Waals surface area contributed by atoms with E-state index in [0.717, 1.165) is 18.8 Å². The van der Waals surface area contributed by atoms with E-state index in [4.69, 9.17) is 4.74 Å². The largest absolute Gasteiger partial charge is 0.467 e. The van der Waals surface area contributed by atoms with Crippen molar-refractivity contribution >= 4 is 5.97 Å². The third-order valence-corrected chi connectivity index (χ3v) is 3.04. The Morgan fingerprint density at radius 2 is 1.93 bits per heavy atom. The van der Waals surface area contributed by atoms with Crippen molar-refractivity contribution in [2.75, 3.05) is 13.7 Å². The minimum atomic E-state index is -0.275. The molecule has 0 aromatic rings. The number of carbonyl (C=O) groups excluding carboxylic acids is 1. The van der Waals surface area contributed by atoms with Gasteiger partial charge in [-0.2, -0.15) is 0 Å². The van der Waals surface area contributed by atoms with Gasteiger partial charge >= 0.3 is 5.97 Å². The average Bonchev–Trinajstić information content (AvgIpc) is 2.26. The zero-order chi connectivity index (χ0) is 10.4. The molecule has 1 aliphatic rings. The van der Waals surface area contributed by atoms with Gasteiger partial charge in [0.25, 0.3) is 0 Å². The van der Waals surface area contributed by atoms with Crippen LogP contribution in [-0.2, 0) is 14.3 Å². The summed E-state index contributed by atoms with van der Waals surface area (Å²) >= 11 is 0. The minimum absolute atomic E-state index is 0.109. The van der Waals surface area contributed by atoms with Gasteiger partial charge in [0.1, 0.15) is 6.61 Å². The first-order valence-corrected chi connectivity index (χ1v) is 5.44. The smallest absolute Gasteiger partial charge is 0.331 e. The first-order chi connectivity index (χ1) is 6.76. The van der Waals surface area contributed by atoms with Crippen LogP contribution in [0.1, 0.15) is 39.0 Å². The lowest BCUT2D eigenvalue weighted by molar-refractivity contribution is -0.148. The standard InChI is InChI=1S/C11H20O3/c1-3-9-4-6-10(7-5-9)14-8-11(12)13-2/h9-10H,3-8H2,1-2H3. The average molecular weight is 200 g/mol. The summed E-state index contributed by atoms with van der Waals surface area (Å²) in [5.74, 6) is 0.593. The topological polar surface area (TPSA) is 35.5 Å². The third-order valence-electron chi connectivity index (χ3n) is 3.04. The molecule has 3 nitrogen and oxygen atoms in total. The molecule has 0 saturated heterocycles. The monoisotopic (exact) mass is 200 g/mol. The maximum atomic E-state index is 10.8. The molecule has 0 spiro atoms. The van der Waals surface area contributed by atoms with Gasteiger partial charge in [0.15, 0.2) is 0 Å². The third kappa shape index (κ3) is 3.66. The zero-order valence-corrected chi connectivity index (χ0v) is 9.12. The highest BCUT2D eigenvalue weighted by Gasteiger charge is 2.20. The first-order valence-electron chi connectivity index (χ1n) is 5.44. The molecule has 0 bridgehead atoms. The Labute approximate surface area is 85.8 Å². The highest BCUT2D eigenvalue weighted by Crippen LogP contribution is 2.27. The molecule has 0 atom stereocenters. The zero-order valence-electron chi connectivity index (χ0n) is 9.12. The lowest BCUT2D eigenvalue weighted by atomic mass is 9.86. The highest BCUT2D eigenvalue weighted by atomic mass is 16.6. The van der Waals surface area contributed by atoms with Crippen molar-refractivity contribution in [1.29, 1.82) is 0 Å². The van der Waals surface area contributed by atoms with Crippen molar-refractivity contribution in [1.82, 2.24) is 0 Å². The summed E-state index contributed by atoms with van der Waals surface area (Å²) in [6.45, 7) is 2.35. The van der Waals surface area contributed by atoms with Gasteiger partial charge in [-0.05, 0) is 31.6 Å². The molecule has 1 rings (SSSR count). The number of ether oxygens (including phenoxy) is 2. The van der Waals surface area contributed by atoms with E-state index >= 15 is 0 Å². The first kappa shape index (κ1) is 11.5. The number of esters is 1. The molecule has 0 heterocycles. The summed E-state index contributed by atoms with van der Waals surface area (Å²) in [6, 6.07) is 0. The number of hydrogen-bond acceptors (Lipinski definition) is 3. The molecule has 0 aromatic carbocycles. The molecule has 0 aliphatic heterocycles. The van der Waals surface area contributed by atoms with Crippen LogP contribution in [0.25, 0.3) is 0 Å². The van der Waals surface area contributed by atoms with Gasteiger partial charge in [-0.15, -0.1) is 0 Å².